The van der Waals surface area contributed by atoms with Crippen molar-refractivity contribution in [3.8, 4) is 0 Å². The molecule has 1 aromatic heterocycles. The SMILES string of the molecule is O=S(=O)(O)C1Cc2ccc3c4c(ccc3c2=CC1Cc1cccnc1)CC=CC=4. The summed E-state index contributed by atoms with van der Waals surface area (Å²) in [5.74, 6) is -0.313. The Morgan fingerprint density at radius 1 is 1.03 bits per heavy atom. The Bertz CT molecular complexity index is 1360. The van der Waals surface area contributed by atoms with Crippen LogP contribution in [0.1, 0.15) is 16.7 Å². The summed E-state index contributed by atoms with van der Waals surface area (Å²) in [5.41, 5.74) is 3.23. The molecule has 0 saturated heterocycles. The Hall–Kier alpha value is -2.76. The number of nitrogens with zero attached hydrogens (tertiary/aromatic N) is 1. The van der Waals surface area contributed by atoms with E-state index < -0.39 is 15.4 Å². The van der Waals surface area contributed by atoms with Crippen molar-refractivity contribution in [1.82, 2.24) is 4.98 Å². The highest BCUT2D eigenvalue weighted by Gasteiger charge is 2.34. The fourth-order valence-electron chi connectivity index (χ4n) is 4.65. The number of aromatic nitrogens is 1. The molecule has 146 valence electrons. The van der Waals surface area contributed by atoms with Gasteiger partial charge in [-0.3, -0.25) is 9.54 Å². The van der Waals surface area contributed by atoms with Gasteiger partial charge in [0.2, 0.25) is 0 Å². The van der Waals surface area contributed by atoms with Gasteiger partial charge < -0.3 is 0 Å². The lowest BCUT2D eigenvalue weighted by Gasteiger charge is -2.27. The lowest BCUT2D eigenvalue weighted by atomic mass is 9.84. The summed E-state index contributed by atoms with van der Waals surface area (Å²) in [6.45, 7) is 0. The Kier molecular flexibility index (Phi) is 4.37. The van der Waals surface area contributed by atoms with Crippen LogP contribution >= 0.6 is 0 Å². The van der Waals surface area contributed by atoms with Gasteiger partial charge in [-0.15, -0.1) is 0 Å². The molecule has 1 heterocycles. The fourth-order valence-corrected chi connectivity index (χ4v) is 5.66. The zero-order valence-electron chi connectivity index (χ0n) is 15.8. The molecule has 1 N–H and O–H groups in total. The minimum Gasteiger partial charge on any atom is -0.285 e. The van der Waals surface area contributed by atoms with Crippen molar-refractivity contribution < 1.29 is 13.0 Å². The predicted molar refractivity (Wildman–Crippen MR) is 115 cm³/mol. The Labute approximate surface area is 169 Å². The van der Waals surface area contributed by atoms with E-state index in [1.807, 2.05) is 24.3 Å². The molecular formula is C24H21NO3S. The van der Waals surface area contributed by atoms with E-state index in [0.717, 1.165) is 28.2 Å². The zero-order valence-corrected chi connectivity index (χ0v) is 16.6. The van der Waals surface area contributed by atoms with Gasteiger partial charge in [-0.05, 0) is 63.2 Å². The van der Waals surface area contributed by atoms with E-state index >= 15 is 0 Å². The quantitative estimate of drug-likeness (QED) is 0.683. The molecule has 2 aliphatic carbocycles. The zero-order chi connectivity index (χ0) is 20.0. The van der Waals surface area contributed by atoms with Crippen LogP contribution in [0.3, 0.4) is 0 Å². The standard InChI is InChI=1S/C24H21NO3S/c26-29(27,28)24-14-18-8-10-21-20-6-2-1-5-17(20)7-9-22(21)23(18)13-19(24)12-16-4-3-11-25-15-16/h1-4,6-11,13,15,19,24H,5,12,14H2,(H,26,27,28). The van der Waals surface area contributed by atoms with Crippen LogP contribution in [-0.2, 0) is 29.4 Å². The molecule has 3 aromatic rings. The smallest absolute Gasteiger partial charge is 0.268 e. The summed E-state index contributed by atoms with van der Waals surface area (Å²) in [4.78, 5) is 4.14. The maximum atomic E-state index is 12.2. The molecule has 5 heteroatoms. The molecule has 2 atom stereocenters. The van der Waals surface area contributed by atoms with Gasteiger partial charge in [-0.1, -0.05) is 54.6 Å². The summed E-state index contributed by atoms with van der Waals surface area (Å²) in [6, 6.07) is 12.2. The van der Waals surface area contributed by atoms with E-state index in [-0.39, 0.29) is 5.92 Å². The van der Waals surface area contributed by atoms with E-state index in [1.54, 1.807) is 12.4 Å². The van der Waals surface area contributed by atoms with Crippen LogP contribution in [0.15, 0.2) is 60.9 Å². The van der Waals surface area contributed by atoms with E-state index in [1.165, 1.54) is 16.2 Å². The predicted octanol–water partition coefficient (Wildman–Crippen LogP) is 2.58. The molecule has 29 heavy (non-hydrogen) atoms. The molecule has 2 aliphatic rings. The molecule has 2 aromatic carbocycles. The summed E-state index contributed by atoms with van der Waals surface area (Å²) in [5, 5.41) is 3.80. The van der Waals surface area contributed by atoms with Gasteiger partial charge in [-0.2, -0.15) is 8.42 Å². The maximum absolute atomic E-state index is 12.2. The van der Waals surface area contributed by atoms with E-state index in [2.05, 4.69) is 41.4 Å². The molecule has 0 spiro atoms. The average molecular weight is 404 g/mol. The topological polar surface area (TPSA) is 67.3 Å². The molecule has 2 unspecified atom stereocenters. The minimum absolute atomic E-state index is 0.312. The first-order valence-corrected chi connectivity index (χ1v) is 11.3. The number of hydrogen-bond donors (Lipinski definition) is 1. The molecule has 0 saturated carbocycles. The number of benzene rings is 2. The van der Waals surface area contributed by atoms with E-state index in [9.17, 15) is 13.0 Å². The Morgan fingerprint density at radius 3 is 2.59 bits per heavy atom. The van der Waals surface area contributed by atoms with Crippen LogP contribution in [0.2, 0.25) is 0 Å². The third-order valence-electron chi connectivity index (χ3n) is 6.06. The number of hydrogen-bond acceptors (Lipinski definition) is 3. The summed E-state index contributed by atoms with van der Waals surface area (Å²) >= 11 is 0. The molecule has 4 nitrogen and oxygen atoms in total. The van der Waals surface area contributed by atoms with Gasteiger partial charge in [0.25, 0.3) is 10.1 Å². The highest BCUT2D eigenvalue weighted by atomic mass is 32.2. The van der Waals surface area contributed by atoms with Crippen LogP contribution in [0.4, 0.5) is 0 Å². The first-order chi connectivity index (χ1) is 14.0. The largest absolute Gasteiger partial charge is 0.285 e. The highest BCUT2D eigenvalue weighted by Crippen LogP contribution is 2.27. The third kappa shape index (κ3) is 3.30. The second kappa shape index (κ2) is 6.94. The Balaban J connectivity index is 1.72. The minimum atomic E-state index is -4.17. The summed E-state index contributed by atoms with van der Waals surface area (Å²) < 4.78 is 34.2. The average Bonchev–Trinajstić information content (AvgIpc) is 2.73. The van der Waals surface area contributed by atoms with E-state index in [0.29, 0.717) is 12.8 Å². The fraction of sp³-hybridized carbons (Fsp3) is 0.208. The van der Waals surface area contributed by atoms with Gasteiger partial charge in [0.05, 0.1) is 5.25 Å². The van der Waals surface area contributed by atoms with Crippen molar-refractivity contribution in [2.45, 2.75) is 24.5 Å². The van der Waals surface area contributed by atoms with Crippen LogP contribution < -0.4 is 10.4 Å². The lowest BCUT2D eigenvalue weighted by Crippen LogP contribution is -2.38. The normalized spacial score (nSPS) is 20.4. The van der Waals surface area contributed by atoms with Crippen molar-refractivity contribution in [2.75, 3.05) is 0 Å². The third-order valence-corrected chi connectivity index (χ3v) is 7.34. The molecule has 0 amide bonds. The van der Waals surface area contributed by atoms with Gasteiger partial charge in [0, 0.05) is 18.3 Å². The molecule has 5 rings (SSSR count). The molecule has 0 fully saturated rings. The highest BCUT2D eigenvalue weighted by molar-refractivity contribution is 7.86. The molecular weight excluding hydrogens is 382 g/mol. The van der Waals surface area contributed by atoms with Gasteiger partial charge in [-0.25, -0.2) is 0 Å². The summed E-state index contributed by atoms with van der Waals surface area (Å²) in [7, 11) is -4.17. The van der Waals surface area contributed by atoms with Gasteiger partial charge in [0.15, 0.2) is 0 Å². The second-order valence-corrected chi connectivity index (χ2v) is 9.46. The first kappa shape index (κ1) is 18.3. The van der Waals surface area contributed by atoms with Crippen LogP contribution in [0.25, 0.3) is 22.9 Å². The molecule has 0 bridgehead atoms. The van der Waals surface area contributed by atoms with Crippen molar-refractivity contribution in [3.63, 3.8) is 0 Å². The monoisotopic (exact) mass is 403 g/mol. The number of fused-ring (bicyclic) bond motifs is 5. The van der Waals surface area contributed by atoms with Crippen molar-refractivity contribution in [1.29, 1.82) is 0 Å². The van der Waals surface area contributed by atoms with Gasteiger partial charge in [0.1, 0.15) is 0 Å². The first-order valence-electron chi connectivity index (χ1n) is 9.78. The van der Waals surface area contributed by atoms with Crippen LogP contribution in [0.5, 0.6) is 0 Å². The Morgan fingerprint density at radius 2 is 1.83 bits per heavy atom. The number of pyridine rings is 1. The number of rotatable bonds is 3. The van der Waals surface area contributed by atoms with Crippen molar-refractivity contribution in [2.24, 2.45) is 5.92 Å². The van der Waals surface area contributed by atoms with Crippen molar-refractivity contribution in [3.05, 3.63) is 88.1 Å². The van der Waals surface area contributed by atoms with Crippen LogP contribution in [-0.4, -0.2) is 23.2 Å². The summed E-state index contributed by atoms with van der Waals surface area (Å²) in [6.07, 6.45) is 13.6. The lowest BCUT2D eigenvalue weighted by molar-refractivity contribution is 0.444. The van der Waals surface area contributed by atoms with E-state index in [4.69, 9.17) is 0 Å². The molecule has 0 radical (unpaired) electrons. The van der Waals surface area contributed by atoms with Crippen LogP contribution in [0, 0.1) is 5.92 Å². The van der Waals surface area contributed by atoms with Crippen molar-refractivity contribution >= 4 is 33.0 Å². The maximum Gasteiger partial charge on any atom is 0.268 e. The molecule has 0 aliphatic heterocycles. The number of allylic oxidation sites excluding steroid dienone is 2. The second-order valence-electron chi connectivity index (χ2n) is 7.82. The van der Waals surface area contributed by atoms with Gasteiger partial charge >= 0.3 is 0 Å².